The maximum absolute atomic E-state index is 11.4. The van der Waals surface area contributed by atoms with E-state index in [9.17, 15) is 16.8 Å². The number of nitrogens with zero attached hydrogens (tertiary/aromatic N) is 1. The second-order valence-electron chi connectivity index (χ2n) is 2.64. The van der Waals surface area contributed by atoms with Gasteiger partial charge < -0.3 is 0 Å². The van der Waals surface area contributed by atoms with Crippen LogP contribution in [0.2, 0.25) is 0 Å². The number of aliphatic imine (C=N–C) groups is 1. The van der Waals surface area contributed by atoms with Crippen LogP contribution in [0.25, 0.3) is 0 Å². The van der Waals surface area contributed by atoms with Crippen molar-refractivity contribution >= 4 is 40.6 Å². The van der Waals surface area contributed by atoms with E-state index in [-0.39, 0.29) is 14.6 Å². The Kier molecular flexibility index (Phi) is 3.17. The zero-order valence-corrected chi connectivity index (χ0v) is 10.5. The third-order valence-electron chi connectivity index (χ3n) is 1.66. The van der Waals surface area contributed by atoms with Crippen LogP contribution < -0.4 is 0 Å². The minimum atomic E-state index is -3.66. The summed E-state index contributed by atoms with van der Waals surface area (Å²) in [6, 6.07) is 0. The number of rotatable bonds is 3. The van der Waals surface area contributed by atoms with Gasteiger partial charge in [-0.2, -0.15) is 0 Å². The quantitative estimate of drug-likeness (QED) is 0.757. The van der Waals surface area contributed by atoms with Crippen molar-refractivity contribution in [2.75, 3.05) is 11.5 Å². The van der Waals surface area contributed by atoms with E-state index in [2.05, 4.69) is 20.9 Å². The molecule has 0 aliphatic carbocycles. The molecule has 0 aromatic rings. The van der Waals surface area contributed by atoms with Crippen LogP contribution in [0, 0.1) is 0 Å². The van der Waals surface area contributed by atoms with Crippen molar-refractivity contribution in [3.05, 3.63) is 10.0 Å². The van der Waals surface area contributed by atoms with Crippen LogP contribution in [0.15, 0.2) is 15.0 Å². The highest BCUT2D eigenvalue weighted by atomic mass is 79.9. The number of hydrogen-bond acceptors (Lipinski definition) is 5. The largest absolute Gasteiger partial charge is 0.246 e. The van der Waals surface area contributed by atoms with Crippen molar-refractivity contribution in [2.45, 2.75) is 6.92 Å². The normalized spacial score (nSPS) is 20.4. The van der Waals surface area contributed by atoms with Gasteiger partial charge in [-0.3, -0.25) is 0 Å². The molecule has 0 N–H and O–H groups in total. The van der Waals surface area contributed by atoms with Crippen LogP contribution in [0.1, 0.15) is 6.92 Å². The van der Waals surface area contributed by atoms with Gasteiger partial charge in [0.05, 0.1) is 6.20 Å². The minimum absolute atomic E-state index is 0.0914. The monoisotopic (exact) mass is 301 g/mol. The van der Waals surface area contributed by atoms with Crippen LogP contribution in [0.5, 0.6) is 0 Å². The first kappa shape index (κ1) is 11.9. The molecule has 0 aromatic heterocycles. The van der Waals surface area contributed by atoms with Gasteiger partial charge in [-0.15, -0.1) is 0 Å². The van der Waals surface area contributed by atoms with E-state index in [4.69, 9.17) is 0 Å². The molecule has 0 aromatic carbocycles. The van der Waals surface area contributed by atoms with E-state index in [1.54, 1.807) is 0 Å². The average molecular weight is 302 g/mol. The fourth-order valence-electron chi connectivity index (χ4n) is 0.779. The Labute approximate surface area is 90.9 Å². The smallest absolute Gasteiger partial charge is 0.229 e. The van der Waals surface area contributed by atoms with Crippen molar-refractivity contribution in [1.29, 1.82) is 0 Å². The SMILES string of the molecule is CCS(=O)(=O)CC1=NC=C(Br)S1(=O)=O. The maximum atomic E-state index is 11.4. The second kappa shape index (κ2) is 3.74. The molecule has 1 aliphatic rings. The standard InChI is InChI=1S/C6H8BrNO4S2/c1-2-13(9,10)4-6-8-3-5(7)14(6,11)12/h3H,2,4H2,1H3. The molecule has 0 amide bonds. The summed E-state index contributed by atoms with van der Waals surface area (Å²) in [4.78, 5) is 3.54. The van der Waals surface area contributed by atoms with Gasteiger partial charge in [-0.25, -0.2) is 21.8 Å². The molecular weight excluding hydrogens is 294 g/mol. The van der Waals surface area contributed by atoms with Gasteiger partial charge in [-0.05, 0) is 15.9 Å². The first-order chi connectivity index (χ1) is 6.29. The molecular formula is C6H8BrNO4S2. The lowest BCUT2D eigenvalue weighted by Gasteiger charge is -2.01. The van der Waals surface area contributed by atoms with Gasteiger partial charge in [0, 0.05) is 5.75 Å². The molecule has 0 radical (unpaired) electrons. The first-order valence-electron chi connectivity index (χ1n) is 3.67. The predicted molar refractivity (Wildman–Crippen MR) is 57.7 cm³/mol. The molecule has 1 aliphatic heterocycles. The first-order valence-corrected chi connectivity index (χ1v) is 7.77. The Morgan fingerprint density at radius 2 is 2.07 bits per heavy atom. The fourth-order valence-corrected chi connectivity index (χ4v) is 3.86. The van der Waals surface area contributed by atoms with E-state index in [0.717, 1.165) is 6.20 Å². The molecule has 80 valence electrons. The topological polar surface area (TPSA) is 80.6 Å². The zero-order chi connectivity index (χ0) is 11.0. The Balaban J connectivity index is 2.99. The molecule has 1 rings (SSSR count). The van der Waals surface area contributed by atoms with Crippen LogP contribution in [-0.2, 0) is 19.7 Å². The second-order valence-corrected chi connectivity index (χ2v) is 8.29. The number of sulfone groups is 2. The summed E-state index contributed by atoms with van der Waals surface area (Å²) in [6.07, 6.45) is 1.09. The van der Waals surface area contributed by atoms with Crippen molar-refractivity contribution < 1.29 is 16.8 Å². The van der Waals surface area contributed by atoms with Crippen LogP contribution in [0.3, 0.4) is 0 Å². The molecule has 0 saturated heterocycles. The van der Waals surface area contributed by atoms with Crippen molar-refractivity contribution in [3.8, 4) is 0 Å². The van der Waals surface area contributed by atoms with Crippen molar-refractivity contribution in [2.24, 2.45) is 4.99 Å². The Morgan fingerprint density at radius 1 is 1.50 bits per heavy atom. The molecule has 5 nitrogen and oxygen atoms in total. The zero-order valence-electron chi connectivity index (χ0n) is 7.27. The average Bonchev–Trinajstić information content (AvgIpc) is 2.32. The predicted octanol–water partition coefficient (Wildman–Crippen LogP) is 0.442. The van der Waals surface area contributed by atoms with Crippen molar-refractivity contribution in [3.63, 3.8) is 0 Å². The molecule has 0 unspecified atom stereocenters. The summed E-state index contributed by atoms with van der Waals surface area (Å²) in [5.74, 6) is -0.628. The lowest BCUT2D eigenvalue weighted by molar-refractivity contribution is 0.599. The lowest BCUT2D eigenvalue weighted by atomic mass is 10.8. The molecule has 0 atom stereocenters. The fraction of sp³-hybridized carbons (Fsp3) is 0.500. The molecule has 0 saturated carbocycles. The van der Waals surface area contributed by atoms with Gasteiger partial charge in [-0.1, -0.05) is 6.92 Å². The molecule has 0 spiro atoms. The van der Waals surface area contributed by atoms with Gasteiger partial charge in [0.15, 0.2) is 14.9 Å². The summed E-state index contributed by atoms with van der Waals surface area (Å²) in [7, 11) is -7.02. The third-order valence-corrected chi connectivity index (χ3v) is 6.41. The van der Waals surface area contributed by atoms with Gasteiger partial charge in [0.25, 0.3) is 0 Å². The summed E-state index contributed by atoms with van der Waals surface area (Å²) < 4.78 is 45.0. The highest BCUT2D eigenvalue weighted by molar-refractivity contribution is 9.14. The Hall–Kier alpha value is -0.210. The van der Waals surface area contributed by atoms with Crippen molar-refractivity contribution in [1.82, 2.24) is 0 Å². The van der Waals surface area contributed by atoms with Crippen LogP contribution in [-0.4, -0.2) is 33.4 Å². The molecule has 1 heterocycles. The van der Waals surface area contributed by atoms with Gasteiger partial charge >= 0.3 is 0 Å². The summed E-state index contributed by atoms with van der Waals surface area (Å²) >= 11 is 2.79. The number of hydrogen-bond donors (Lipinski definition) is 0. The summed E-state index contributed by atoms with van der Waals surface area (Å²) in [5, 5.41) is -0.314. The highest BCUT2D eigenvalue weighted by Crippen LogP contribution is 2.23. The van der Waals surface area contributed by atoms with Gasteiger partial charge in [0.2, 0.25) is 9.84 Å². The van der Waals surface area contributed by atoms with Crippen LogP contribution in [0.4, 0.5) is 0 Å². The lowest BCUT2D eigenvalue weighted by Crippen LogP contribution is -2.23. The Morgan fingerprint density at radius 3 is 2.43 bits per heavy atom. The summed E-state index contributed by atoms with van der Waals surface area (Å²) in [6.45, 7) is 1.46. The van der Waals surface area contributed by atoms with Crippen LogP contribution >= 0.6 is 15.9 Å². The van der Waals surface area contributed by atoms with Gasteiger partial charge in [0.1, 0.15) is 9.57 Å². The molecule has 0 fully saturated rings. The molecule has 0 bridgehead atoms. The maximum Gasteiger partial charge on any atom is 0.229 e. The van der Waals surface area contributed by atoms with E-state index in [1.807, 2.05) is 0 Å². The highest BCUT2D eigenvalue weighted by Gasteiger charge is 2.30. The Bertz CT molecular complexity index is 500. The molecule has 14 heavy (non-hydrogen) atoms. The van der Waals surface area contributed by atoms with E-state index < -0.39 is 25.4 Å². The third kappa shape index (κ3) is 2.23. The number of halogens is 1. The minimum Gasteiger partial charge on any atom is -0.246 e. The van der Waals surface area contributed by atoms with E-state index >= 15 is 0 Å². The molecule has 8 heteroatoms. The van der Waals surface area contributed by atoms with E-state index in [1.165, 1.54) is 6.92 Å². The van der Waals surface area contributed by atoms with E-state index in [0.29, 0.717) is 0 Å². The summed E-state index contributed by atoms with van der Waals surface area (Å²) in [5.41, 5.74) is 0.